The zero-order valence-electron chi connectivity index (χ0n) is 22.9. The number of para-hydroxylation sites is 1. The van der Waals surface area contributed by atoms with Gasteiger partial charge in [-0.15, -0.1) is 0 Å². The molecule has 2 unspecified atom stereocenters. The lowest BCUT2D eigenvalue weighted by Crippen LogP contribution is -2.60. The van der Waals surface area contributed by atoms with Crippen molar-refractivity contribution in [3.05, 3.63) is 135 Å². The van der Waals surface area contributed by atoms with Crippen molar-refractivity contribution in [1.82, 2.24) is 10.7 Å². The third kappa shape index (κ3) is 3.54. The van der Waals surface area contributed by atoms with Crippen LogP contribution in [0.5, 0.6) is 0 Å². The van der Waals surface area contributed by atoms with Crippen LogP contribution in [0.15, 0.2) is 108 Å². The molecular weight excluding hydrogens is 563 g/mol. The Bertz CT molecular complexity index is 1710. The quantitative estimate of drug-likeness (QED) is 0.228. The lowest BCUT2D eigenvalue weighted by atomic mass is 9.51. The number of rotatable bonds is 3. The Morgan fingerprint density at radius 2 is 1.38 bits per heavy atom. The summed E-state index contributed by atoms with van der Waals surface area (Å²) in [7, 11) is 0. The normalized spacial score (nSPS) is 31.0. The van der Waals surface area contributed by atoms with Crippen LogP contribution >= 0.6 is 23.2 Å². The van der Waals surface area contributed by atoms with E-state index in [1.807, 2.05) is 48.5 Å². The van der Waals surface area contributed by atoms with E-state index in [0.717, 1.165) is 52.9 Å². The van der Waals surface area contributed by atoms with Crippen LogP contribution in [0.3, 0.4) is 0 Å². The van der Waals surface area contributed by atoms with Crippen LogP contribution < -0.4 is 16.1 Å². The minimum absolute atomic E-state index is 0.00726. The van der Waals surface area contributed by atoms with Crippen molar-refractivity contribution in [3.63, 3.8) is 0 Å². The summed E-state index contributed by atoms with van der Waals surface area (Å²) >= 11 is 12.7. The Morgan fingerprint density at radius 3 is 2.12 bits per heavy atom. The van der Waals surface area contributed by atoms with Crippen LogP contribution in [0.25, 0.3) is 0 Å². The van der Waals surface area contributed by atoms with E-state index in [-0.39, 0.29) is 29.8 Å². The number of carbonyl (C=O) groups is 1. The first-order valence-electron chi connectivity index (χ1n) is 14.6. The molecule has 3 aliphatic heterocycles. The Balaban J connectivity index is 1.39. The fraction of sp³-hybridized carbons (Fsp3) is 0.257. The lowest BCUT2D eigenvalue weighted by molar-refractivity contribution is -0.124. The fourth-order valence-electron chi connectivity index (χ4n) is 8.49. The van der Waals surface area contributed by atoms with Gasteiger partial charge in [0.25, 0.3) is 0 Å². The van der Waals surface area contributed by atoms with Crippen LogP contribution in [-0.4, -0.2) is 11.6 Å². The molecule has 210 valence electrons. The number of fused-ring (bicyclic) bond motifs is 5. The van der Waals surface area contributed by atoms with E-state index in [2.05, 4.69) is 70.7 Å². The third-order valence-corrected chi connectivity index (χ3v) is 10.6. The zero-order valence-corrected chi connectivity index (χ0v) is 24.4. The third-order valence-electron chi connectivity index (χ3n) is 10.1. The maximum absolute atomic E-state index is 14.6. The summed E-state index contributed by atoms with van der Waals surface area (Å²) in [5, 5.41) is 13.9. The summed E-state index contributed by atoms with van der Waals surface area (Å²) in [6, 6.07) is 34.8. The highest BCUT2D eigenvalue weighted by molar-refractivity contribution is 6.30. The molecule has 4 aliphatic rings. The number of benzene rings is 4. The van der Waals surface area contributed by atoms with Crippen LogP contribution in [0.1, 0.15) is 59.5 Å². The predicted octanol–water partition coefficient (Wildman–Crippen LogP) is 7.76. The van der Waals surface area contributed by atoms with Crippen molar-refractivity contribution < 1.29 is 4.79 Å². The van der Waals surface area contributed by atoms with Gasteiger partial charge in [0, 0.05) is 39.2 Å². The van der Waals surface area contributed by atoms with Gasteiger partial charge in [0.05, 0.1) is 17.2 Å². The standard InChI is InChI=1S/C35H30Cl2N4O/c36-24-16-12-21(13-17-24)29-31(22-7-2-1-3-8-22)39-35(27-10-4-5-11-28(27)38-33(35)42)34(29)20-6-9-26-30(40-41-32(26)34)23-14-18-25(37)19-15-23/h1-5,7-8,10-19,26,29-31,39-40H,6,9,20H2,(H,38,42)/t26?,29-,30?,31+,34-,35+/m1/s1. The minimum atomic E-state index is -1.01. The molecule has 1 saturated carbocycles. The molecule has 42 heavy (non-hydrogen) atoms. The Kier molecular flexibility index (Phi) is 6.01. The molecule has 3 N–H and O–H groups in total. The Hall–Kier alpha value is -3.64. The minimum Gasteiger partial charge on any atom is -0.324 e. The smallest absolute Gasteiger partial charge is 0.250 e. The molecule has 2 spiro atoms. The highest BCUT2D eigenvalue weighted by atomic mass is 35.5. The molecule has 5 nitrogen and oxygen atoms in total. The lowest BCUT2D eigenvalue weighted by Gasteiger charge is -2.49. The SMILES string of the molecule is O=C1Nc2ccccc2[C@]12N[C@@H](c1ccccc1)[C@@H](c1ccc(Cl)cc1)[C@@]21CCCC2C1=NNC2c1ccc(Cl)cc1. The van der Waals surface area contributed by atoms with E-state index < -0.39 is 11.0 Å². The molecule has 0 radical (unpaired) electrons. The topological polar surface area (TPSA) is 65.5 Å². The molecule has 4 aromatic carbocycles. The molecule has 3 heterocycles. The summed E-state index contributed by atoms with van der Waals surface area (Å²) in [6.45, 7) is 0. The number of amides is 1. The zero-order chi connectivity index (χ0) is 28.5. The van der Waals surface area contributed by atoms with E-state index in [9.17, 15) is 4.79 Å². The maximum atomic E-state index is 14.6. The van der Waals surface area contributed by atoms with Crippen molar-refractivity contribution in [2.45, 2.75) is 42.8 Å². The van der Waals surface area contributed by atoms with E-state index in [4.69, 9.17) is 28.3 Å². The van der Waals surface area contributed by atoms with Crippen molar-refractivity contribution in [2.75, 3.05) is 5.32 Å². The summed E-state index contributed by atoms with van der Waals surface area (Å²) in [5.41, 5.74) is 8.25. The first-order valence-corrected chi connectivity index (χ1v) is 15.4. The molecule has 0 aromatic heterocycles. The van der Waals surface area contributed by atoms with Crippen molar-refractivity contribution in [1.29, 1.82) is 0 Å². The van der Waals surface area contributed by atoms with E-state index in [1.54, 1.807) is 0 Å². The van der Waals surface area contributed by atoms with Crippen LogP contribution in [0.2, 0.25) is 10.0 Å². The van der Waals surface area contributed by atoms with Gasteiger partial charge in [0.15, 0.2) is 0 Å². The number of nitrogens with zero attached hydrogens (tertiary/aromatic N) is 1. The molecule has 8 rings (SSSR count). The van der Waals surface area contributed by atoms with Crippen molar-refractivity contribution in [2.24, 2.45) is 16.4 Å². The summed E-state index contributed by atoms with van der Waals surface area (Å²) in [6.07, 6.45) is 2.78. The first kappa shape index (κ1) is 26.0. The molecule has 0 bridgehead atoms. The van der Waals surface area contributed by atoms with E-state index in [1.165, 1.54) is 0 Å². The summed E-state index contributed by atoms with van der Waals surface area (Å²) < 4.78 is 0. The highest BCUT2D eigenvalue weighted by Gasteiger charge is 2.74. The monoisotopic (exact) mass is 592 g/mol. The van der Waals surface area contributed by atoms with Crippen LogP contribution in [0, 0.1) is 11.3 Å². The van der Waals surface area contributed by atoms with Crippen molar-refractivity contribution in [3.8, 4) is 0 Å². The average Bonchev–Trinajstić information content (AvgIpc) is 3.67. The van der Waals surface area contributed by atoms with Gasteiger partial charge >= 0.3 is 0 Å². The second-order valence-corrected chi connectivity index (χ2v) is 12.8. The van der Waals surface area contributed by atoms with Gasteiger partial charge in [0.2, 0.25) is 5.91 Å². The average molecular weight is 594 g/mol. The summed E-state index contributed by atoms with van der Waals surface area (Å²) in [5.74, 6) is 0.0317. The van der Waals surface area contributed by atoms with Gasteiger partial charge in [-0.05, 0) is 59.9 Å². The van der Waals surface area contributed by atoms with Gasteiger partial charge in [0.1, 0.15) is 5.54 Å². The molecule has 1 amide bonds. The molecule has 1 saturated heterocycles. The number of hydrogen-bond donors (Lipinski definition) is 3. The Labute approximate surface area is 255 Å². The first-order chi connectivity index (χ1) is 20.5. The van der Waals surface area contributed by atoms with E-state index >= 15 is 0 Å². The second-order valence-electron chi connectivity index (χ2n) is 11.9. The number of halogens is 2. The fourth-order valence-corrected chi connectivity index (χ4v) is 8.75. The van der Waals surface area contributed by atoms with Gasteiger partial charge < -0.3 is 10.7 Å². The van der Waals surface area contributed by atoms with Gasteiger partial charge in [-0.1, -0.05) is 102 Å². The molecule has 7 heteroatoms. The number of nitrogens with one attached hydrogen (secondary N) is 3. The maximum Gasteiger partial charge on any atom is 0.250 e. The number of hydrazone groups is 1. The number of anilines is 1. The van der Waals surface area contributed by atoms with Crippen LogP contribution in [0.4, 0.5) is 5.69 Å². The number of carbonyl (C=O) groups excluding carboxylic acids is 1. The van der Waals surface area contributed by atoms with Crippen molar-refractivity contribution >= 4 is 40.5 Å². The molecular formula is C35H30Cl2N4O. The highest BCUT2D eigenvalue weighted by Crippen LogP contribution is 2.69. The predicted molar refractivity (Wildman–Crippen MR) is 168 cm³/mol. The van der Waals surface area contributed by atoms with Gasteiger partial charge in [-0.2, -0.15) is 5.10 Å². The summed E-state index contributed by atoms with van der Waals surface area (Å²) in [4.78, 5) is 14.6. The number of hydrogen-bond acceptors (Lipinski definition) is 4. The van der Waals surface area contributed by atoms with Gasteiger partial charge in [-0.3, -0.25) is 10.1 Å². The molecule has 1 aliphatic carbocycles. The molecule has 6 atom stereocenters. The Morgan fingerprint density at radius 1 is 0.738 bits per heavy atom. The van der Waals surface area contributed by atoms with Crippen LogP contribution in [-0.2, 0) is 10.3 Å². The second kappa shape index (κ2) is 9.70. The molecule has 4 aromatic rings. The van der Waals surface area contributed by atoms with E-state index in [0.29, 0.717) is 10.0 Å². The largest absolute Gasteiger partial charge is 0.324 e. The van der Waals surface area contributed by atoms with Gasteiger partial charge in [-0.25, -0.2) is 0 Å². The molecule has 2 fully saturated rings.